The van der Waals surface area contributed by atoms with Gasteiger partial charge < -0.3 is 30.2 Å². The third-order valence-electron chi connectivity index (χ3n) is 4.58. The van der Waals surface area contributed by atoms with E-state index in [9.17, 15) is 14.7 Å². The molecule has 1 heterocycles. The minimum Gasteiger partial charge on any atom is -0.492 e. The lowest BCUT2D eigenvalue weighted by Crippen LogP contribution is -2.39. The van der Waals surface area contributed by atoms with Gasteiger partial charge in [-0.05, 0) is 37.3 Å². The maximum absolute atomic E-state index is 11.9. The van der Waals surface area contributed by atoms with Crippen molar-refractivity contribution in [3.05, 3.63) is 65.1 Å². The number of rotatable bonds is 10. The Labute approximate surface area is 192 Å². The molecule has 1 amide bonds. The number of aromatic nitrogens is 1. The monoisotopic (exact) mass is 461 g/mol. The third kappa shape index (κ3) is 7.26. The molecule has 9 heteroatoms. The molecule has 0 bridgehead atoms. The van der Waals surface area contributed by atoms with Crippen LogP contribution in [0.5, 0.6) is 11.5 Å². The number of carbonyl (C=O) groups excluding carboxylic acids is 1. The number of amides is 1. The number of aliphatic hydroxyl groups is 1. The molecule has 2 atom stereocenters. The van der Waals surface area contributed by atoms with Crippen LogP contribution < -0.4 is 25.7 Å². The van der Waals surface area contributed by atoms with E-state index in [0.29, 0.717) is 41.1 Å². The van der Waals surface area contributed by atoms with Crippen molar-refractivity contribution in [2.45, 2.75) is 26.0 Å². The van der Waals surface area contributed by atoms with Crippen LogP contribution >= 0.6 is 12.4 Å². The molecule has 4 N–H and O–H groups in total. The zero-order chi connectivity index (χ0) is 22.2. The smallest absolute Gasteiger partial charge is 0.256 e. The zero-order valence-electron chi connectivity index (χ0n) is 18.0. The Morgan fingerprint density at radius 1 is 1.06 bits per heavy atom. The molecule has 0 aliphatic heterocycles. The normalized spacial score (nSPS) is 12.5. The number of H-pyrrole nitrogens is 1. The Hall–Kier alpha value is -3.07. The Balaban J connectivity index is 0.00000363. The Bertz CT molecular complexity index is 1070. The van der Waals surface area contributed by atoms with Gasteiger partial charge in [-0.15, -0.1) is 12.4 Å². The average molecular weight is 462 g/mol. The summed E-state index contributed by atoms with van der Waals surface area (Å²) in [4.78, 5) is 25.6. The number of nitrogens with one attached hydrogen (secondary N) is 3. The summed E-state index contributed by atoms with van der Waals surface area (Å²) in [5.74, 6) is 1.09. The Morgan fingerprint density at radius 2 is 1.75 bits per heavy atom. The highest BCUT2D eigenvalue weighted by atomic mass is 35.5. The number of ether oxygens (including phenoxy) is 2. The van der Waals surface area contributed by atoms with Crippen molar-refractivity contribution >= 4 is 34.8 Å². The second kappa shape index (κ2) is 12.1. The highest BCUT2D eigenvalue weighted by Gasteiger charge is 2.11. The van der Waals surface area contributed by atoms with Crippen molar-refractivity contribution in [1.82, 2.24) is 10.3 Å². The summed E-state index contributed by atoms with van der Waals surface area (Å²) < 4.78 is 11.4. The lowest BCUT2D eigenvalue weighted by Gasteiger charge is -2.18. The molecule has 2 aromatic carbocycles. The van der Waals surface area contributed by atoms with Crippen LogP contribution in [0.2, 0.25) is 0 Å². The van der Waals surface area contributed by atoms with Crippen molar-refractivity contribution in [2.75, 3.05) is 25.1 Å². The van der Waals surface area contributed by atoms with E-state index in [1.165, 1.54) is 13.1 Å². The first-order valence-corrected chi connectivity index (χ1v) is 10.1. The van der Waals surface area contributed by atoms with Gasteiger partial charge >= 0.3 is 0 Å². The summed E-state index contributed by atoms with van der Waals surface area (Å²) in [6, 6.07) is 14.3. The number of aliphatic hydroxyl groups excluding tert-OH is 1. The Morgan fingerprint density at radius 3 is 2.44 bits per heavy atom. The number of anilines is 1. The van der Waals surface area contributed by atoms with Crippen LogP contribution in [0.15, 0.2) is 59.5 Å². The number of pyridine rings is 1. The molecule has 0 fully saturated rings. The summed E-state index contributed by atoms with van der Waals surface area (Å²) in [7, 11) is 0. The SMILES string of the molecule is CC(=O)Nc1ccc(OCC(C)NCC(O)COc2c[nH]c(=O)c3ccccc23)cc1.Cl. The fourth-order valence-electron chi connectivity index (χ4n) is 3.00. The predicted octanol–water partition coefficient (Wildman–Crippen LogP) is 2.71. The van der Waals surface area contributed by atoms with Crippen molar-refractivity contribution < 1.29 is 19.4 Å². The lowest BCUT2D eigenvalue weighted by molar-refractivity contribution is -0.114. The molecule has 3 aromatic rings. The predicted molar refractivity (Wildman–Crippen MR) is 127 cm³/mol. The second-order valence-electron chi connectivity index (χ2n) is 7.32. The van der Waals surface area contributed by atoms with Gasteiger partial charge in [0.15, 0.2) is 0 Å². The highest BCUT2D eigenvalue weighted by Crippen LogP contribution is 2.21. The lowest BCUT2D eigenvalue weighted by atomic mass is 10.1. The fraction of sp³-hybridized carbons (Fsp3) is 0.304. The van der Waals surface area contributed by atoms with E-state index in [4.69, 9.17) is 9.47 Å². The molecule has 0 aliphatic carbocycles. The molecule has 0 aliphatic rings. The number of hydrogen-bond donors (Lipinski definition) is 4. The minimum atomic E-state index is -0.731. The van der Waals surface area contributed by atoms with Crippen LogP contribution in [0.3, 0.4) is 0 Å². The topological polar surface area (TPSA) is 113 Å². The van der Waals surface area contributed by atoms with Crippen molar-refractivity contribution in [1.29, 1.82) is 0 Å². The van der Waals surface area contributed by atoms with E-state index >= 15 is 0 Å². The maximum Gasteiger partial charge on any atom is 0.256 e. The van der Waals surface area contributed by atoms with Gasteiger partial charge in [-0.25, -0.2) is 0 Å². The largest absolute Gasteiger partial charge is 0.492 e. The van der Waals surface area contributed by atoms with E-state index in [2.05, 4.69) is 15.6 Å². The molecular formula is C23H28ClN3O5. The number of halogens is 1. The van der Waals surface area contributed by atoms with Gasteiger partial charge in [-0.3, -0.25) is 9.59 Å². The van der Waals surface area contributed by atoms with E-state index in [1.807, 2.05) is 19.1 Å². The molecule has 0 saturated heterocycles. The second-order valence-corrected chi connectivity index (χ2v) is 7.32. The molecule has 8 nitrogen and oxygen atoms in total. The quantitative estimate of drug-likeness (QED) is 0.369. The van der Waals surface area contributed by atoms with Crippen molar-refractivity contribution in [2.24, 2.45) is 0 Å². The van der Waals surface area contributed by atoms with Gasteiger partial charge in [0.1, 0.15) is 30.8 Å². The molecule has 3 rings (SSSR count). The molecule has 0 saturated carbocycles. The highest BCUT2D eigenvalue weighted by molar-refractivity contribution is 5.88. The van der Waals surface area contributed by atoms with Gasteiger partial charge in [-0.2, -0.15) is 0 Å². The molecule has 1 aromatic heterocycles. The van der Waals surface area contributed by atoms with Crippen LogP contribution in [0.4, 0.5) is 5.69 Å². The van der Waals surface area contributed by atoms with Gasteiger partial charge in [0.05, 0.1) is 5.39 Å². The fourth-order valence-corrected chi connectivity index (χ4v) is 3.00. The van der Waals surface area contributed by atoms with Gasteiger partial charge in [0.25, 0.3) is 5.56 Å². The van der Waals surface area contributed by atoms with Crippen molar-refractivity contribution in [3.8, 4) is 11.5 Å². The number of benzene rings is 2. The molecule has 172 valence electrons. The molecule has 0 spiro atoms. The van der Waals surface area contributed by atoms with E-state index in [-0.39, 0.29) is 36.5 Å². The van der Waals surface area contributed by atoms with E-state index in [1.54, 1.807) is 36.4 Å². The molecule has 2 unspecified atom stereocenters. The summed E-state index contributed by atoms with van der Waals surface area (Å²) in [6.45, 7) is 4.24. The summed E-state index contributed by atoms with van der Waals surface area (Å²) in [5.41, 5.74) is 0.535. The number of aromatic amines is 1. The van der Waals surface area contributed by atoms with E-state index in [0.717, 1.165) is 0 Å². The van der Waals surface area contributed by atoms with E-state index < -0.39 is 6.10 Å². The zero-order valence-corrected chi connectivity index (χ0v) is 18.8. The first-order valence-electron chi connectivity index (χ1n) is 10.1. The molecule has 0 radical (unpaired) electrons. The standard InChI is InChI=1S/C23H27N3O5.ClH/c1-15(13-30-19-9-7-17(8-10-19)26-16(2)27)24-11-18(28)14-31-22-12-25-23(29)21-6-4-3-5-20(21)22;/h3-10,12,15,18,24,28H,11,13-14H2,1-2H3,(H,25,29)(H,26,27);1H. The van der Waals surface area contributed by atoms with Crippen molar-refractivity contribution in [3.63, 3.8) is 0 Å². The van der Waals surface area contributed by atoms with Gasteiger partial charge in [-0.1, -0.05) is 18.2 Å². The minimum absolute atomic E-state index is 0. The first kappa shape index (κ1) is 25.2. The maximum atomic E-state index is 11.9. The number of fused-ring (bicyclic) bond motifs is 1. The molecular weight excluding hydrogens is 434 g/mol. The number of carbonyl (C=O) groups is 1. The summed E-state index contributed by atoms with van der Waals surface area (Å²) in [6.07, 6.45) is 0.781. The van der Waals surface area contributed by atoms with Crippen LogP contribution in [-0.4, -0.2) is 47.9 Å². The van der Waals surface area contributed by atoms with Crippen LogP contribution in [0, 0.1) is 0 Å². The van der Waals surface area contributed by atoms with Gasteiger partial charge in [0.2, 0.25) is 5.91 Å². The Kier molecular flexibility index (Phi) is 9.52. The summed E-state index contributed by atoms with van der Waals surface area (Å²) in [5, 5.41) is 17.4. The summed E-state index contributed by atoms with van der Waals surface area (Å²) >= 11 is 0. The first-order chi connectivity index (χ1) is 14.9. The van der Waals surface area contributed by atoms with Gasteiger partial charge in [0, 0.05) is 36.8 Å². The van der Waals surface area contributed by atoms with Crippen LogP contribution in [0.1, 0.15) is 13.8 Å². The third-order valence-corrected chi connectivity index (χ3v) is 4.58. The average Bonchev–Trinajstić information content (AvgIpc) is 2.76. The van der Waals surface area contributed by atoms with Crippen LogP contribution in [-0.2, 0) is 4.79 Å². The number of hydrogen-bond acceptors (Lipinski definition) is 6. The van der Waals surface area contributed by atoms with Crippen LogP contribution in [0.25, 0.3) is 10.8 Å². The molecule has 32 heavy (non-hydrogen) atoms.